The number of carbonyl (C=O) groups is 1. The molecule has 110 valence electrons. The molecule has 20 heavy (non-hydrogen) atoms. The van der Waals surface area contributed by atoms with Gasteiger partial charge in [0, 0.05) is 19.6 Å². The van der Waals surface area contributed by atoms with Crippen LogP contribution in [-0.2, 0) is 16.0 Å². The number of amides is 1. The van der Waals surface area contributed by atoms with Crippen LogP contribution in [-0.4, -0.2) is 43.7 Å². The third kappa shape index (κ3) is 3.58. The standard InChI is InChI=1S/C16H24N2O2/c1-12-3-4-13(2)14(9-12)10-15(11-17)16(19)18-5-7-20-8-6-18/h3-4,9,15H,5-8,10-11,17H2,1-2H3. The number of rotatable bonds is 4. The molecule has 1 heterocycles. The first kappa shape index (κ1) is 15.0. The largest absolute Gasteiger partial charge is 0.378 e. The molecule has 1 aromatic carbocycles. The lowest BCUT2D eigenvalue weighted by molar-refractivity contribution is -0.139. The molecule has 2 rings (SSSR count). The van der Waals surface area contributed by atoms with Crippen molar-refractivity contribution in [3.05, 3.63) is 34.9 Å². The van der Waals surface area contributed by atoms with Gasteiger partial charge in [-0.2, -0.15) is 0 Å². The van der Waals surface area contributed by atoms with E-state index in [1.807, 2.05) is 4.90 Å². The van der Waals surface area contributed by atoms with Crippen molar-refractivity contribution in [1.82, 2.24) is 4.90 Å². The Morgan fingerprint density at radius 1 is 1.35 bits per heavy atom. The zero-order valence-corrected chi connectivity index (χ0v) is 12.4. The minimum absolute atomic E-state index is 0.131. The summed E-state index contributed by atoms with van der Waals surface area (Å²) in [6.45, 7) is 7.18. The molecule has 0 radical (unpaired) electrons. The van der Waals surface area contributed by atoms with Crippen LogP contribution in [0.5, 0.6) is 0 Å². The maximum Gasteiger partial charge on any atom is 0.227 e. The minimum Gasteiger partial charge on any atom is -0.378 e. The van der Waals surface area contributed by atoms with Crippen LogP contribution >= 0.6 is 0 Å². The molecular formula is C16H24N2O2. The summed E-state index contributed by atoms with van der Waals surface area (Å²) < 4.78 is 5.29. The average Bonchev–Trinajstić information content (AvgIpc) is 2.48. The van der Waals surface area contributed by atoms with E-state index < -0.39 is 0 Å². The van der Waals surface area contributed by atoms with Crippen molar-refractivity contribution in [3.63, 3.8) is 0 Å². The molecule has 1 aromatic rings. The van der Waals surface area contributed by atoms with E-state index in [1.54, 1.807) is 0 Å². The summed E-state index contributed by atoms with van der Waals surface area (Å²) in [5.74, 6) is 0.0327. The second-order valence-electron chi connectivity index (χ2n) is 5.50. The van der Waals surface area contributed by atoms with Gasteiger partial charge in [0.05, 0.1) is 19.1 Å². The van der Waals surface area contributed by atoms with Gasteiger partial charge in [-0.1, -0.05) is 23.8 Å². The molecular weight excluding hydrogens is 252 g/mol. The predicted molar refractivity (Wildman–Crippen MR) is 79.6 cm³/mol. The summed E-state index contributed by atoms with van der Waals surface area (Å²) in [6.07, 6.45) is 0.722. The number of morpholine rings is 1. The highest BCUT2D eigenvalue weighted by Gasteiger charge is 2.25. The van der Waals surface area contributed by atoms with E-state index >= 15 is 0 Å². The van der Waals surface area contributed by atoms with Gasteiger partial charge in [-0.05, 0) is 31.4 Å². The lowest BCUT2D eigenvalue weighted by Crippen LogP contribution is -2.46. The summed E-state index contributed by atoms with van der Waals surface area (Å²) in [7, 11) is 0. The van der Waals surface area contributed by atoms with Crippen LogP contribution in [0.4, 0.5) is 0 Å². The molecule has 0 bridgehead atoms. The Morgan fingerprint density at radius 2 is 2.05 bits per heavy atom. The van der Waals surface area contributed by atoms with Gasteiger partial charge in [0.1, 0.15) is 0 Å². The fourth-order valence-corrected chi connectivity index (χ4v) is 2.60. The summed E-state index contributed by atoms with van der Waals surface area (Å²) in [4.78, 5) is 14.4. The van der Waals surface area contributed by atoms with Crippen molar-refractivity contribution in [2.24, 2.45) is 11.7 Å². The Balaban J connectivity index is 2.07. The lowest BCUT2D eigenvalue weighted by atomic mass is 9.93. The third-order valence-corrected chi connectivity index (χ3v) is 3.93. The van der Waals surface area contributed by atoms with Crippen molar-refractivity contribution in [2.75, 3.05) is 32.8 Å². The van der Waals surface area contributed by atoms with Crippen molar-refractivity contribution in [2.45, 2.75) is 20.3 Å². The molecule has 1 saturated heterocycles. The molecule has 1 aliphatic heterocycles. The van der Waals surface area contributed by atoms with E-state index in [2.05, 4.69) is 32.0 Å². The van der Waals surface area contributed by atoms with E-state index in [-0.39, 0.29) is 11.8 Å². The molecule has 0 saturated carbocycles. The van der Waals surface area contributed by atoms with Crippen molar-refractivity contribution in [1.29, 1.82) is 0 Å². The normalized spacial score (nSPS) is 17.1. The first-order chi connectivity index (χ1) is 9.61. The highest BCUT2D eigenvalue weighted by atomic mass is 16.5. The summed E-state index contributed by atoms with van der Waals surface area (Å²) in [5.41, 5.74) is 9.51. The average molecular weight is 276 g/mol. The van der Waals surface area contributed by atoms with Gasteiger partial charge in [0.2, 0.25) is 5.91 Å². The van der Waals surface area contributed by atoms with Crippen molar-refractivity contribution in [3.8, 4) is 0 Å². The quantitative estimate of drug-likeness (QED) is 0.901. The number of nitrogens with two attached hydrogens (primary N) is 1. The molecule has 1 atom stereocenters. The highest BCUT2D eigenvalue weighted by molar-refractivity contribution is 5.79. The molecule has 1 amide bonds. The summed E-state index contributed by atoms with van der Waals surface area (Å²) >= 11 is 0. The highest BCUT2D eigenvalue weighted by Crippen LogP contribution is 2.17. The molecule has 0 aliphatic carbocycles. The number of hydrogen-bond acceptors (Lipinski definition) is 3. The Kier molecular flexibility index (Phi) is 5.15. The van der Waals surface area contributed by atoms with Gasteiger partial charge in [-0.25, -0.2) is 0 Å². The second-order valence-corrected chi connectivity index (χ2v) is 5.50. The van der Waals surface area contributed by atoms with Gasteiger partial charge < -0.3 is 15.4 Å². The smallest absolute Gasteiger partial charge is 0.227 e. The first-order valence-electron chi connectivity index (χ1n) is 7.24. The number of nitrogens with zero attached hydrogens (tertiary/aromatic N) is 1. The number of aryl methyl sites for hydroxylation is 2. The molecule has 1 unspecified atom stereocenters. The Morgan fingerprint density at radius 3 is 2.70 bits per heavy atom. The maximum absolute atomic E-state index is 12.5. The predicted octanol–water partition coefficient (Wildman–Crippen LogP) is 1.28. The van der Waals surface area contributed by atoms with Gasteiger partial charge in [0.25, 0.3) is 0 Å². The van der Waals surface area contributed by atoms with Gasteiger partial charge in [-0.15, -0.1) is 0 Å². The lowest BCUT2D eigenvalue weighted by Gasteiger charge is -2.30. The van der Waals surface area contributed by atoms with Crippen molar-refractivity contribution >= 4 is 5.91 Å². The van der Waals surface area contributed by atoms with E-state index in [4.69, 9.17) is 10.5 Å². The number of benzene rings is 1. The Hall–Kier alpha value is -1.39. The summed E-state index contributed by atoms with van der Waals surface area (Å²) in [6, 6.07) is 6.36. The van der Waals surface area contributed by atoms with E-state index in [1.165, 1.54) is 16.7 Å². The van der Waals surface area contributed by atoms with Gasteiger partial charge in [-0.3, -0.25) is 4.79 Å². The maximum atomic E-state index is 12.5. The van der Waals surface area contributed by atoms with Crippen LogP contribution in [0.3, 0.4) is 0 Å². The Bertz CT molecular complexity index is 468. The van der Waals surface area contributed by atoms with Crippen LogP contribution in [0.25, 0.3) is 0 Å². The van der Waals surface area contributed by atoms with E-state index in [9.17, 15) is 4.79 Å². The fraction of sp³-hybridized carbons (Fsp3) is 0.562. The molecule has 0 spiro atoms. The molecule has 4 heteroatoms. The van der Waals surface area contributed by atoms with Gasteiger partial charge >= 0.3 is 0 Å². The molecule has 2 N–H and O–H groups in total. The van der Waals surface area contributed by atoms with E-state index in [0.29, 0.717) is 32.8 Å². The first-order valence-corrected chi connectivity index (χ1v) is 7.24. The zero-order valence-electron chi connectivity index (χ0n) is 12.4. The summed E-state index contributed by atoms with van der Waals surface area (Å²) in [5, 5.41) is 0. The second kappa shape index (κ2) is 6.86. The third-order valence-electron chi connectivity index (χ3n) is 3.93. The van der Waals surface area contributed by atoms with Crippen LogP contribution in [0.15, 0.2) is 18.2 Å². The number of hydrogen-bond donors (Lipinski definition) is 1. The molecule has 1 aliphatic rings. The van der Waals surface area contributed by atoms with Crippen LogP contribution in [0.2, 0.25) is 0 Å². The molecule has 0 aromatic heterocycles. The number of carbonyl (C=O) groups excluding carboxylic acids is 1. The van der Waals surface area contributed by atoms with Crippen molar-refractivity contribution < 1.29 is 9.53 Å². The fourth-order valence-electron chi connectivity index (χ4n) is 2.60. The molecule has 1 fully saturated rings. The SMILES string of the molecule is Cc1ccc(C)c(CC(CN)C(=O)N2CCOCC2)c1. The van der Waals surface area contributed by atoms with Crippen LogP contribution in [0, 0.1) is 19.8 Å². The Labute approximate surface area is 120 Å². The van der Waals surface area contributed by atoms with E-state index in [0.717, 1.165) is 6.42 Å². The monoisotopic (exact) mass is 276 g/mol. The number of ether oxygens (including phenoxy) is 1. The zero-order chi connectivity index (χ0) is 14.5. The van der Waals surface area contributed by atoms with Crippen LogP contribution < -0.4 is 5.73 Å². The topological polar surface area (TPSA) is 55.6 Å². The van der Waals surface area contributed by atoms with Crippen LogP contribution in [0.1, 0.15) is 16.7 Å². The molecule has 4 nitrogen and oxygen atoms in total. The van der Waals surface area contributed by atoms with Gasteiger partial charge in [0.15, 0.2) is 0 Å². The minimum atomic E-state index is -0.131.